The number of hydrogen-bond donors (Lipinski definition) is 1. The molecule has 4 heteroatoms. The van der Waals surface area contributed by atoms with Crippen LogP contribution in [0.25, 0.3) is 0 Å². The number of likely N-dealkylation sites (tertiary alicyclic amines) is 1. The lowest BCUT2D eigenvalue weighted by Gasteiger charge is -2.41. The highest BCUT2D eigenvalue weighted by Gasteiger charge is 2.44. The summed E-state index contributed by atoms with van der Waals surface area (Å²) in [5, 5.41) is 3.06. The minimum Gasteiger partial charge on any atom is -0.355 e. The number of piperidine rings is 1. The summed E-state index contributed by atoms with van der Waals surface area (Å²) in [5.74, 6) is 0.694. The van der Waals surface area contributed by atoms with Gasteiger partial charge in [-0.1, -0.05) is 19.9 Å². The molecular weight excluding hydrogens is 240 g/mol. The SMILES string of the molecule is CC(C)CC(=O)NCC12CCC=C1N(C)C(=O)CC2. The van der Waals surface area contributed by atoms with Crippen molar-refractivity contribution in [1.29, 1.82) is 0 Å². The van der Waals surface area contributed by atoms with Crippen LogP contribution in [0.15, 0.2) is 11.8 Å². The van der Waals surface area contributed by atoms with E-state index in [4.69, 9.17) is 0 Å². The van der Waals surface area contributed by atoms with Gasteiger partial charge in [-0.2, -0.15) is 0 Å². The van der Waals surface area contributed by atoms with Gasteiger partial charge in [0.2, 0.25) is 11.8 Å². The fourth-order valence-electron chi connectivity index (χ4n) is 3.20. The summed E-state index contributed by atoms with van der Waals surface area (Å²) in [6, 6.07) is 0. The Balaban J connectivity index is 2.00. The first-order chi connectivity index (χ1) is 8.94. The van der Waals surface area contributed by atoms with Crippen molar-refractivity contribution in [2.75, 3.05) is 13.6 Å². The number of carbonyl (C=O) groups is 2. The van der Waals surface area contributed by atoms with Crippen molar-refractivity contribution >= 4 is 11.8 Å². The summed E-state index contributed by atoms with van der Waals surface area (Å²) < 4.78 is 0. The van der Waals surface area contributed by atoms with Crippen molar-refractivity contribution in [1.82, 2.24) is 10.2 Å². The van der Waals surface area contributed by atoms with Gasteiger partial charge >= 0.3 is 0 Å². The molecule has 1 atom stereocenters. The molecule has 0 aromatic heterocycles. The molecule has 0 saturated carbocycles. The topological polar surface area (TPSA) is 49.4 Å². The maximum absolute atomic E-state index is 11.8. The second-order valence-corrected chi connectivity index (χ2v) is 6.24. The smallest absolute Gasteiger partial charge is 0.226 e. The lowest BCUT2D eigenvalue weighted by atomic mass is 9.77. The first-order valence-electron chi connectivity index (χ1n) is 7.18. The summed E-state index contributed by atoms with van der Waals surface area (Å²) in [6.07, 6.45) is 6.24. The van der Waals surface area contributed by atoms with Gasteiger partial charge in [-0.25, -0.2) is 0 Å². The standard InChI is InChI=1S/C15H24N2O2/c1-11(2)9-13(18)16-10-15-7-4-5-12(15)17(3)14(19)6-8-15/h5,11H,4,6-10H2,1-3H3,(H,16,18). The van der Waals surface area contributed by atoms with E-state index in [-0.39, 0.29) is 17.2 Å². The number of carbonyl (C=O) groups excluding carboxylic acids is 2. The molecule has 0 aromatic rings. The Morgan fingerprint density at radius 2 is 2.21 bits per heavy atom. The monoisotopic (exact) mass is 264 g/mol. The number of rotatable bonds is 4. The second-order valence-electron chi connectivity index (χ2n) is 6.24. The van der Waals surface area contributed by atoms with Crippen molar-refractivity contribution in [2.24, 2.45) is 11.3 Å². The van der Waals surface area contributed by atoms with Gasteiger partial charge in [0.1, 0.15) is 0 Å². The Morgan fingerprint density at radius 3 is 2.89 bits per heavy atom. The first-order valence-corrected chi connectivity index (χ1v) is 7.18. The van der Waals surface area contributed by atoms with E-state index < -0.39 is 0 Å². The van der Waals surface area contributed by atoms with Crippen molar-refractivity contribution in [3.8, 4) is 0 Å². The van der Waals surface area contributed by atoms with Crippen LogP contribution in [-0.4, -0.2) is 30.3 Å². The van der Waals surface area contributed by atoms with Crippen LogP contribution in [0.5, 0.6) is 0 Å². The van der Waals surface area contributed by atoms with Gasteiger partial charge in [0.05, 0.1) is 0 Å². The van der Waals surface area contributed by atoms with E-state index in [1.165, 1.54) is 0 Å². The maximum Gasteiger partial charge on any atom is 0.226 e. The number of nitrogens with one attached hydrogen (secondary N) is 1. The number of allylic oxidation sites excluding steroid dienone is 1. The Bertz CT molecular complexity index is 414. The van der Waals surface area contributed by atoms with E-state index in [0.29, 0.717) is 25.3 Å². The molecule has 1 fully saturated rings. The molecule has 2 amide bonds. The lowest BCUT2D eigenvalue weighted by molar-refractivity contribution is -0.132. The van der Waals surface area contributed by atoms with Crippen molar-refractivity contribution in [3.63, 3.8) is 0 Å². The van der Waals surface area contributed by atoms with Crippen LogP contribution < -0.4 is 5.32 Å². The molecule has 0 aromatic carbocycles. The van der Waals surface area contributed by atoms with Crippen LogP contribution in [0.3, 0.4) is 0 Å². The summed E-state index contributed by atoms with van der Waals surface area (Å²) in [6.45, 7) is 4.76. The van der Waals surface area contributed by atoms with Crippen LogP contribution in [0.2, 0.25) is 0 Å². The fourth-order valence-corrected chi connectivity index (χ4v) is 3.20. The third-order valence-corrected chi connectivity index (χ3v) is 4.27. The highest BCUT2D eigenvalue weighted by atomic mass is 16.2. The number of hydrogen-bond acceptors (Lipinski definition) is 2. The molecule has 0 bridgehead atoms. The third kappa shape index (κ3) is 2.82. The van der Waals surface area contributed by atoms with Gasteiger partial charge in [-0.15, -0.1) is 0 Å². The Kier molecular flexibility index (Phi) is 3.97. The van der Waals surface area contributed by atoms with Gasteiger partial charge in [0.25, 0.3) is 0 Å². The van der Waals surface area contributed by atoms with Crippen LogP contribution in [0, 0.1) is 11.3 Å². The van der Waals surface area contributed by atoms with E-state index in [1.54, 1.807) is 4.90 Å². The van der Waals surface area contributed by atoms with Crippen LogP contribution in [-0.2, 0) is 9.59 Å². The number of nitrogens with zero attached hydrogens (tertiary/aromatic N) is 1. The fraction of sp³-hybridized carbons (Fsp3) is 0.733. The molecule has 1 aliphatic heterocycles. The van der Waals surface area contributed by atoms with E-state index in [9.17, 15) is 9.59 Å². The van der Waals surface area contributed by atoms with Gasteiger partial charge < -0.3 is 10.2 Å². The minimum absolute atomic E-state index is 0.00466. The van der Waals surface area contributed by atoms with Gasteiger partial charge in [0, 0.05) is 37.5 Å². The summed E-state index contributed by atoms with van der Waals surface area (Å²) in [7, 11) is 1.85. The minimum atomic E-state index is -0.00466. The highest BCUT2D eigenvalue weighted by Crippen LogP contribution is 2.46. The summed E-state index contributed by atoms with van der Waals surface area (Å²) in [5.41, 5.74) is 1.11. The molecule has 1 unspecified atom stereocenters. The molecule has 1 aliphatic carbocycles. The molecule has 1 N–H and O–H groups in total. The van der Waals surface area contributed by atoms with Gasteiger partial charge in [-0.05, 0) is 25.2 Å². The molecular formula is C15H24N2O2. The Hall–Kier alpha value is -1.32. The average molecular weight is 264 g/mol. The molecule has 2 rings (SSSR count). The number of fused-ring (bicyclic) bond motifs is 1. The third-order valence-electron chi connectivity index (χ3n) is 4.27. The van der Waals surface area contributed by atoms with Crippen LogP contribution in [0.1, 0.15) is 46.0 Å². The molecule has 19 heavy (non-hydrogen) atoms. The van der Waals surface area contributed by atoms with Crippen LogP contribution >= 0.6 is 0 Å². The zero-order valence-corrected chi connectivity index (χ0v) is 12.2. The van der Waals surface area contributed by atoms with E-state index in [0.717, 1.165) is 25.0 Å². The normalized spacial score (nSPS) is 26.4. The quantitative estimate of drug-likeness (QED) is 0.845. The highest BCUT2D eigenvalue weighted by molar-refractivity contribution is 5.80. The van der Waals surface area contributed by atoms with Crippen molar-refractivity contribution in [2.45, 2.75) is 46.0 Å². The molecule has 106 valence electrons. The van der Waals surface area contributed by atoms with Crippen molar-refractivity contribution < 1.29 is 9.59 Å². The maximum atomic E-state index is 11.8. The zero-order valence-electron chi connectivity index (χ0n) is 12.2. The average Bonchev–Trinajstić information content (AvgIpc) is 2.76. The summed E-state index contributed by atoms with van der Waals surface area (Å²) >= 11 is 0. The molecule has 0 spiro atoms. The Labute approximate surface area is 115 Å². The van der Waals surface area contributed by atoms with E-state index in [2.05, 4.69) is 11.4 Å². The van der Waals surface area contributed by atoms with Gasteiger partial charge in [0.15, 0.2) is 0 Å². The van der Waals surface area contributed by atoms with E-state index >= 15 is 0 Å². The van der Waals surface area contributed by atoms with Crippen molar-refractivity contribution in [3.05, 3.63) is 11.8 Å². The zero-order chi connectivity index (χ0) is 14.0. The Morgan fingerprint density at radius 1 is 1.47 bits per heavy atom. The van der Waals surface area contributed by atoms with E-state index in [1.807, 2.05) is 20.9 Å². The lowest BCUT2D eigenvalue weighted by Crippen LogP contribution is -2.46. The molecule has 1 saturated heterocycles. The largest absolute Gasteiger partial charge is 0.355 e. The molecule has 0 radical (unpaired) electrons. The second kappa shape index (κ2) is 5.35. The summed E-state index contributed by atoms with van der Waals surface area (Å²) in [4.78, 5) is 25.4. The predicted molar refractivity (Wildman–Crippen MR) is 74.2 cm³/mol. The van der Waals surface area contributed by atoms with Crippen LogP contribution in [0.4, 0.5) is 0 Å². The first kappa shape index (κ1) is 14.1. The molecule has 4 nitrogen and oxygen atoms in total. The molecule has 1 heterocycles. The number of amides is 2. The molecule has 2 aliphatic rings. The van der Waals surface area contributed by atoms with Gasteiger partial charge in [-0.3, -0.25) is 9.59 Å². The predicted octanol–water partition coefficient (Wildman–Crippen LogP) is 2.06.